The van der Waals surface area contributed by atoms with E-state index in [1.165, 1.54) is 7.11 Å². The van der Waals surface area contributed by atoms with Crippen molar-refractivity contribution in [3.8, 4) is 5.75 Å². The molecular weight excluding hydrogens is 278 g/mol. The number of amides is 1. The summed E-state index contributed by atoms with van der Waals surface area (Å²) >= 11 is 0. The summed E-state index contributed by atoms with van der Waals surface area (Å²) in [5, 5.41) is 2.88. The van der Waals surface area contributed by atoms with Gasteiger partial charge in [-0.05, 0) is 32.9 Å². The van der Waals surface area contributed by atoms with Crippen molar-refractivity contribution in [2.24, 2.45) is 0 Å². The molecule has 1 N–H and O–H groups in total. The number of carbonyl (C=O) groups is 1. The number of nitrogens with zero attached hydrogens (tertiary/aromatic N) is 1. The summed E-state index contributed by atoms with van der Waals surface area (Å²) < 4.78 is 31.9. The fourth-order valence-corrected chi connectivity index (χ4v) is 2.51. The number of hydrogen-bond acceptors (Lipinski definition) is 3. The highest BCUT2D eigenvalue weighted by atomic mass is 19.1. The van der Waals surface area contributed by atoms with Crippen molar-refractivity contribution < 1.29 is 18.3 Å². The van der Waals surface area contributed by atoms with E-state index in [4.69, 9.17) is 4.74 Å². The Hall–Kier alpha value is -1.69. The second-order valence-electron chi connectivity index (χ2n) is 5.79. The molecule has 0 aromatic heterocycles. The van der Waals surface area contributed by atoms with E-state index >= 15 is 0 Å². The van der Waals surface area contributed by atoms with Crippen molar-refractivity contribution in [2.45, 2.75) is 25.3 Å². The molecular formula is C15H20F2N2O2. The molecule has 4 nitrogen and oxygen atoms in total. The molecule has 2 rings (SSSR count). The van der Waals surface area contributed by atoms with Gasteiger partial charge in [0.25, 0.3) is 5.91 Å². The third-order valence-corrected chi connectivity index (χ3v) is 3.96. The molecule has 0 aliphatic carbocycles. The van der Waals surface area contributed by atoms with E-state index in [-0.39, 0.29) is 16.9 Å². The number of nitrogens with one attached hydrogen (secondary N) is 1. The lowest BCUT2D eigenvalue weighted by Gasteiger charge is -2.38. The minimum atomic E-state index is -0.879. The van der Waals surface area contributed by atoms with Crippen molar-refractivity contribution in [2.75, 3.05) is 27.2 Å². The monoisotopic (exact) mass is 298 g/mol. The van der Waals surface area contributed by atoms with Crippen molar-refractivity contribution in [1.82, 2.24) is 10.2 Å². The Labute approximate surface area is 123 Å². The van der Waals surface area contributed by atoms with Gasteiger partial charge in [-0.1, -0.05) is 0 Å². The molecule has 1 heterocycles. The lowest BCUT2D eigenvalue weighted by atomic mass is 9.89. The number of methoxy groups -OCH3 is 1. The van der Waals surface area contributed by atoms with Gasteiger partial charge in [0, 0.05) is 24.7 Å². The Morgan fingerprint density at radius 2 is 1.95 bits per heavy atom. The average Bonchev–Trinajstić information content (AvgIpc) is 2.41. The van der Waals surface area contributed by atoms with E-state index in [0.717, 1.165) is 32.0 Å². The van der Waals surface area contributed by atoms with Crippen LogP contribution < -0.4 is 10.1 Å². The predicted octanol–water partition coefficient (Wildman–Crippen LogP) is 2.19. The molecule has 0 radical (unpaired) electrons. The Morgan fingerprint density at radius 1 is 1.33 bits per heavy atom. The summed E-state index contributed by atoms with van der Waals surface area (Å²) in [6.07, 6.45) is 1.57. The molecule has 0 unspecified atom stereocenters. The summed E-state index contributed by atoms with van der Waals surface area (Å²) in [4.78, 5) is 14.5. The summed E-state index contributed by atoms with van der Waals surface area (Å²) in [6, 6.07) is 1.70. The van der Waals surface area contributed by atoms with Gasteiger partial charge in [-0.3, -0.25) is 4.79 Å². The third kappa shape index (κ3) is 3.50. The Balaban J connectivity index is 2.21. The van der Waals surface area contributed by atoms with Crippen LogP contribution in [0.1, 0.15) is 30.1 Å². The highest BCUT2D eigenvalue weighted by Gasteiger charge is 2.31. The second kappa shape index (κ2) is 5.97. The summed E-state index contributed by atoms with van der Waals surface area (Å²) in [6.45, 7) is 3.68. The van der Waals surface area contributed by atoms with E-state index in [2.05, 4.69) is 10.2 Å². The van der Waals surface area contributed by atoms with Gasteiger partial charge in [-0.25, -0.2) is 8.78 Å². The number of piperidine rings is 1. The topological polar surface area (TPSA) is 41.6 Å². The molecule has 1 aromatic rings. The highest BCUT2D eigenvalue weighted by Crippen LogP contribution is 2.26. The van der Waals surface area contributed by atoms with Crippen LogP contribution in [0.15, 0.2) is 12.1 Å². The van der Waals surface area contributed by atoms with Crippen LogP contribution in [0.4, 0.5) is 8.78 Å². The van der Waals surface area contributed by atoms with Gasteiger partial charge in [0.2, 0.25) is 0 Å². The van der Waals surface area contributed by atoms with Gasteiger partial charge in [-0.2, -0.15) is 0 Å². The maximum absolute atomic E-state index is 13.6. The zero-order valence-electron chi connectivity index (χ0n) is 12.5. The normalized spacial score (nSPS) is 18.3. The van der Waals surface area contributed by atoms with Crippen molar-refractivity contribution in [3.05, 3.63) is 29.3 Å². The molecule has 1 amide bonds. The minimum Gasteiger partial charge on any atom is -0.493 e. The number of hydrogen-bond donors (Lipinski definition) is 1. The van der Waals surface area contributed by atoms with Crippen LogP contribution in [0.2, 0.25) is 0 Å². The molecule has 1 saturated heterocycles. The Kier molecular flexibility index (Phi) is 4.46. The van der Waals surface area contributed by atoms with E-state index in [9.17, 15) is 13.6 Å². The first-order chi connectivity index (χ1) is 9.84. The van der Waals surface area contributed by atoms with Crippen LogP contribution >= 0.6 is 0 Å². The maximum atomic E-state index is 13.6. The van der Waals surface area contributed by atoms with E-state index in [1.807, 2.05) is 14.0 Å². The molecule has 0 bridgehead atoms. The molecule has 1 aromatic carbocycles. The maximum Gasteiger partial charge on any atom is 0.255 e. The van der Waals surface area contributed by atoms with Crippen molar-refractivity contribution >= 4 is 5.91 Å². The molecule has 1 aliphatic heterocycles. The van der Waals surface area contributed by atoms with Crippen molar-refractivity contribution in [1.29, 1.82) is 0 Å². The summed E-state index contributed by atoms with van der Waals surface area (Å²) in [7, 11) is 3.27. The zero-order chi connectivity index (χ0) is 15.6. The number of benzene rings is 1. The molecule has 0 saturated carbocycles. The van der Waals surface area contributed by atoms with E-state index in [1.54, 1.807) is 0 Å². The van der Waals surface area contributed by atoms with Crippen LogP contribution in [0.5, 0.6) is 5.75 Å². The minimum absolute atomic E-state index is 0.116. The van der Waals surface area contributed by atoms with Gasteiger partial charge in [0.15, 0.2) is 11.6 Å². The smallest absolute Gasteiger partial charge is 0.255 e. The fraction of sp³-hybridized carbons (Fsp3) is 0.533. The van der Waals surface area contributed by atoms with Crippen LogP contribution in [0.3, 0.4) is 0 Å². The van der Waals surface area contributed by atoms with Crippen LogP contribution in [-0.2, 0) is 0 Å². The van der Waals surface area contributed by atoms with Gasteiger partial charge in [0.05, 0.1) is 12.7 Å². The summed E-state index contributed by atoms with van der Waals surface area (Å²) in [5.74, 6) is -2.43. The number of carbonyl (C=O) groups excluding carboxylic acids is 1. The second-order valence-corrected chi connectivity index (χ2v) is 5.79. The zero-order valence-corrected chi connectivity index (χ0v) is 12.5. The molecule has 6 heteroatoms. The Bertz CT molecular complexity index is 541. The number of ether oxygens (including phenoxy) is 1. The first kappa shape index (κ1) is 15.7. The molecule has 1 aliphatic rings. The van der Waals surface area contributed by atoms with Crippen LogP contribution in [0.25, 0.3) is 0 Å². The quantitative estimate of drug-likeness (QED) is 0.930. The Morgan fingerprint density at radius 3 is 2.52 bits per heavy atom. The standard InChI is InChI=1S/C15H20F2N2O2/c1-15(4-6-19(2)7-5-15)18-14(20)11-8-10(16)9-12(17)13(11)21-3/h8-9H,4-7H2,1-3H3,(H,18,20). The van der Waals surface area contributed by atoms with Gasteiger partial charge in [-0.15, -0.1) is 0 Å². The molecule has 0 spiro atoms. The summed E-state index contributed by atoms with van der Waals surface area (Å²) in [5.41, 5.74) is -0.493. The number of rotatable bonds is 3. The van der Waals surface area contributed by atoms with E-state index < -0.39 is 17.5 Å². The largest absolute Gasteiger partial charge is 0.493 e. The SMILES string of the molecule is COc1c(F)cc(F)cc1C(=O)NC1(C)CCN(C)CC1. The van der Waals surface area contributed by atoms with Gasteiger partial charge >= 0.3 is 0 Å². The molecule has 1 fully saturated rings. The first-order valence-corrected chi connectivity index (χ1v) is 6.89. The van der Waals surface area contributed by atoms with Crippen LogP contribution in [-0.4, -0.2) is 43.6 Å². The lowest BCUT2D eigenvalue weighted by Crippen LogP contribution is -2.52. The van der Waals surface area contributed by atoms with Crippen molar-refractivity contribution in [3.63, 3.8) is 0 Å². The predicted molar refractivity (Wildman–Crippen MR) is 75.5 cm³/mol. The highest BCUT2D eigenvalue weighted by molar-refractivity contribution is 5.97. The first-order valence-electron chi connectivity index (χ1n) is 6.89. The number of likely N-dealkylation sites (tertiary alicyclic amines) is 1. The lowest BCUT2D eigenvalue weighted by molar-refractivity contribution is 0.0847. The van der Waals surface area contributed by atoms with Crippen LogP contribution in [0, 0.1) is 11.6 Å². The number of halogens is 2. The fourth-order valence-electron chi connectivity index (χ4n) is 2.51. The van der Waals surface area contributed by atoms with Gasteiger partial charge in [0.1, 0.15) is 5.82 Å². The molecule has 116 valence electrons. The van der Waals surface area contributed by atoms with Gasteiger partial charge < -0.3 is 15.0 Å². The average molecular weight is 298 g/mol. The molecule has 0 atom stereocenters. The third-order valence-electron chi connectivity index (χ3n) is 3.96. The van der Waals surface area contributed by atoms with E-state index in [0.29, 0.717) is 6.07 Å². The molecule has 21 heavy (non-hydrogen) atoms.